The molecule has 0 spiro atoms. The summed E-state index contributed by atoms with van der Waals surface area (Å²) >= 11 is 12.1. The Morgan fingerprint density at radius 2 is 1.80 bits per heavy atom. The molecule has 0 fully saturated rings. The minimum Gasteiger partial charge on any atom is -0.395 e. The number of nitrogens with one attached hydrogen (secondary N) is 1. The Kier molecular flexibility index (Phi) is 5.86. The van der Waals surface area contributed by atoms with Gasteiger partial charge in [-0.05, 0) is 35.7 Å². The van der Waals surface area contributed by atoms with Crippen LogP contribution in [0.3, 0.4) is 0 Å². The molecule has 1 atom stereocenters. The molecule has 2 nitrogen and oxygen atoms in total. The Balaban J connectivity index is 1.95. The average Bonchev–Trinajstić information content (AvgIpc) is 2.47. The van der Waals surface area contributed by atoms with Crippen LogP contribution in [0.4, 0.5) is 0 Å². The van der Waals surface area contributed by atoms with Crippen LogP contribution in [-0.2, 0) is 13.0 Å². The second kappa shape index (κ2) is 7.65. The van der Waals surface area contributed by atoms with E-state index in [2.05, 4.69) is 17.4 Å². The zero-order chi connectivity index (χ0) is 14.4. The molecule has 0 aromatic heterocycles. The maximum atomic E-state index is 9.47. The van der Waals surface area contributed by atoms with Crippen LogP contribution in [0.2, 0.25) is 10.0 Å². The minimum atomic E-state index is -0.00699. The lowest BCUT2D eigenvalue weighted by atomic mass is 10.1. The summed E-state index contributed by atoms with van der Waals surface area (Å²) in [6.07, 6.45) is 0.773. The molecule has 0 aliphatic heterocycles. The van der Waals surface area contributed by atoms with Gasteiger partial charge in [0.2, 0.25) is 0 Å². The fraction of sp³-hybridized carbons (Fsp3) is 0.250. The van der Waals surface area contributed by atoms with Crippen LogP contribution < -0.4 is 5.32 Å². The Morgan fingerprint density at radius 1 is 1.05 bits per heavy atom. The van der Waals surface area contributed by atoms with Gasteiger partial charge in [0, 0.05) is 22.6 Å². The average molecular weight is 310 g/mol. The monoisotopic (exact) mass is 309 g/mol. The molecule has 0 saturated heterocycles. The molecule has 0 aliphatic carbocycles. The van der Waals surface area contributed by atoms with Gasteiger partial charge in [-0.1, -0.05) is 53.5 Å². The predicted molar refractivity (Wildman–Crippen MR) is 84.3 cm³/mol. The van der Waals surface area contributed by atoms with Crippen molar-refractivity contribution < 1.29 is 5.11 Å². The second-order valence-corrected chi connectivity index (χ2v) is 5.53. The highest BCUT2D eigenvalue weighted by Crippen LogP contribution is 2.20. The van der Waals surface area contributed by atoms with E-state index in [1.165, 1.54) is 5.56 Å². The van der Waals surface area contributed by atoms with Crippen LogP contribution >= 0.6 is 23.2 Å². The highest BCUT2D eigenvalue weighted by Gasteiger charge is 2.09. The summed E-state index contributed by atoms with van der Waals surface area (Å²) in [4.78, 5) is 0. The van der Waals surface area contributed by atoms with Crippen LogP contribution in [0.1, 0.15) is 11.1 Å². The summed E-state index contributed by atoms with van der Waals surface area (Å²) in [5, 5.41) is 14.1. The van der Waals surface area contributed by atoms with Crippen LogP contribution in [0.5, 0.6) is 0 Å². The van der Waals surface area contributed by atoms with Gasteiger partial charge in [-0.3, -0.25) is 0 Å². The molecular weight excluding hydrogens is 293 g/mol. The highest BCUT2D eigenvalue weighted by atomic mass is 35.5. The third-order valence-electron chi connectivity index (χ3n) is 3.13. The van der Waals surface area contributed by atoms with Crippen molar-refractivity contribution in [3.05, 3.63) is 69.7 Å². The molecule has 0 aliphatic rings. The topological polar surface area (TPSA) is 32.3 Å². The minimum absolute atomic E-state index is 0.00699. The Morgan fingerprint density at radius 3 is 2.50 bits per heavy atom. The Hall–Kier alpha value is -1.06. The summed E-state index contributed by atoms with van der Waals surface area (Å²) in [6.45, 7) is 0.657. The maximum Gasteiger partial charge on any atom is 0.0587 e. The largest absolute Gasteiger partial charge is 0.395 e. The maximum absolute atomic E-state index is 9.47. The summed E-state index contributed by atoms with van der Waals surface area (Å²) < 4.78 is 0. The van der Waals surface area contributed by atoms with Crippen molar-refractivity contribution in [1.82, 2.24) is 5.32 Å². The van der Waals surface area contributed by atoms with E-state index in [0.29, 0.717) is 16.6 Å². The highest BCUT2D eigenvalue weighted by molar-refractivity contribution is 6.33. The number of hydrogen-bond acceptors (Lipinski definition) is 2. The molecule has 20 heavy (non-hydrogen) atoms. The molecule has 2 rings (SSSR count). The lowest BCUT2D eigenvalue weighted by Gasteiger charge is -2.17. The van der Waals surface area contributed by atoms with E-state index in [9.17, 15) is 5.11 Å². The van der Waals surface area contributed by atoms with Gasteiger partial charge in [0.05, 0.1) is 6.61 Å². The second-order valence-electron chi connectivity index (χ2n) is 4.69. The summed E-state index contributed by atoms with van der Waals surface area (Å²) in [7, 11) is 0. The fourth-order valence-electron chi connectivity index (χ4n) is 2.03. The van der Waals surface area contributed by atoms with Crippen LogP contribution in [0.15, 0.2) is 48.5 Å². The molecule has 106 valence electrons. The number of halogens is 2. The van der Waals surface area contributed by atoms with Gasteiger partial charge in [-0.2, -0.15) is 0 Å². The first kappa shape index (κ1) is 15.3. The summed E-state index contributed by atoms with van der Waals surface area (Å²) in [5.74, 6) is 0. The number of benzene rings is 2. The molecule has 2 N–H and O–H groups in total. The number of aliphatic hydroxyl groups excluding tert-OH is 1. The quantitative estimate of drug-likeness (QED) is 0.853. The SMILES string of the molecule is OC[C@H](Cc1ccccc1)NCc1cc(Cl)ccc1Cl. The molecule has 0 radical (unpaired) electrons. The summed E-state index contributed by atoms with van der Waals surface area (Å²) in [5.41, 5.74) is 2.13. The lowest BCUT2D eigenvalue weighted by molar-refractivity contribution is 0.241. The number of rotatable bonds is 6. The number of aliphatic hydroxyl groups is 1. The van der Waals surface area contributed by atoms with Crippen molar-refractivity contribution in [2.45, 2.75) is 19.0 Å². The van der Waals surface area contributed by atoms with Gasteiger partial charge < -0.3 is 10.4 Å². The van der Waals surface area contributed by atoms with E-state index < -0.39 is 0 Å². The van der Waals surface area contributed by atoms with Gasteiger partial charge in [0.25, 0.3) is 0 Å². The molecular formula is C16H17Cl2NO. The third kappa shape index (κ3) is 4.50. The van der Waals surface area contributed by atoms with E-state index in [1.54, 1.807) is 12.1 Å². The van der Waals surface area contributed by atoms with E-state index >= 15 is 0 Å². The van der Waals surface area contributed by atoms with Crippen molar-refractivity contribution in [1.29, 1.82) is 0 Å². The Bertz CT molecular complexity index is 545. The van der Waals surface area contributed by atoms with Crippen molar-refractivity contribution in [3.63, 3.8) is 0 Å². The molecule has 0 bridgehead atoms. The Labute approximate surface area is 129 Å². The summed E-state index contributed by atoms with van der Waals surface area (Å²) in [6, 6.07) is 15.5. The van der Waals surface area contributed by atoms with E-state index in [-0.39, 0.29) is 12.6 Å². The predicted octanol–water partition coefficient (Wildman–Crippen LogP) is 3.69. The molecule has 0 amide bonds. The van der Waals surface area contributed by atoms with E-state index in [1.807, 2.05) is 24.3 Å². The normalized spacial score (nSPS) is 12.3. The standard InChI is InChI=1S/C16H17Cl2NO/c17-14-6-7-16(18)13(9-14)10-19-15(11-20)8-12-4-2-1-3-5-12/h1-7,9,15,19-20H,8,10-11H2/t15-/m0/s1. The van der Waals surface area contributed by atoms with Crippen LogP contribution in [0.25, 0.3) is 0 Å². The lowest BCUT2D eigenvalue weighted by Crippen LogP contribution is -2.34. The van der Waals surface area contributed by atoms with Crippen molar-refractivity contribution in [2.24, 2.45) is 0 Å². The smallest absolute Gasteiger partial charge is 0.0587 e. The van der Waals surface area contributed by atoms with Gasteiger partial charge in [-0.25, -0.2) is 0 Å². The first-order valence-electron chi connectivity index (χ1n) is 6.51. The van der Waals surface area contributed by atoms with Crippen molar-refractivity contribution in [2.75, 3.05) is 6.61 Å². The third-order valence-corrected chi connectivity index (χ3v) is 3.74. The van der Waals surface area contributed by atoms with Crippen LogP contribution in [0, 0.1) is 0 Å². The first-order valence-corrected chi connectivity index (χ1v) is 7.26. The van der Waals surface area contributed by atoms with E-state index in [0.717, 1.165) is 12.0 Å². The van der Waals surface area contributed by atoms with Gasteiger partial charge >= 0.3 is 0 Å². The van der Waals surface area contributed by atoms with Gasteiger partial charge in [0.1, 0.15) is 0 Å². The van der Waals surface area contributed by atoms with Crippen molar-refractivity contribution in [3.8, 4) is 0 Å². The van der Waals surface area contributed by atoms with Crippen LogP contribution in [-0.4, -0.2) is 17.8 Å². The van der Waals surface area contributed by atoms with Gasteiger partial charge in [0.15, 0.2) is 0 Å². The van der Waals surface area contributed by atoms with Gasteiger partial charge in [-0.15, -0.1) is 0 Å². The van der Waals surface area contributed by atoms with E-state index in [4.69, 9.17) is 23.2 Å². The fourth-order valence-corrected chi connectivity index (χ4v) is 2.41. The molecule has 0 heterocycles. The molecule has 2 aromatic carbocycles. The molecule has 0 unspecified atom stereocenters. The zero-order valence-corrected chi connectivity index (χ0v) is 12.5. The zero-order valence-electron chi connectivity index (χ0n) is 11.0. The number of hydrogen-bond donors (Lipinski definition) is 2. The van der Waals surface area contributed by atoms with Crippen molar-refractivity contribution >= 4 is 23.2 Å². The molecule has 4 heteroatoms. The first-order chi connectivity index (χ1) is 9.69. The molecule has 0 saturated carbocycles. The molecule has 2 aromatic rings.